The normalized spacial score (nSPS) is 16.3. The molecule has 5 nitrogen and oxygen atoms in total. The fourth-order valence-corrected chi connectivity index (χ4v) is 4.41. The molecule has 0 aliphatic carbocycles. The third-order valence-corrected chi connectivity index (χ3v) is 6.04. The number of halogens is 3. The van der Waals surface area contributed by atoms with Crippen LogP contribution in [0.15, 0.2) is 48.5 Å². The summed E-state index contributed by atoms with van der Waals surface area (Å²) >= 11 is 0. The van der Waals surface area contributed by atoms with Crippen LogP contribution in [0, 0.1) is 0 Å². The zero-order valence-electron chi connectivity index (χ0n) is 14.1. The topological polar surface area (TPSA) is 63.7 Å². The molecule has 0 amide bonds. The molecule has 0 unspecified atom stereocenters. The highest BCUT2D eigenvalue weighted by molar-refractivity contribution is 7.93. The SMILES string of the molecule is O=C(OCc1ccccc1C(F)(F)F)c1ccc(N2CCCS2(=O)=O)cc1. The number of hydrogen-bond donors (Lipinski definition) is 0. The van der Waals surface area contributed by atoms with E-state index in [1.54, 1.807) is 0 Å². The van der Waals surface area contributed by atoms with E-state index in [2.05, 4.69) is 0 Å². The van der Waals surface area contributed by atoms with Gasteiger partial charge in [-0.25, -0.2) is 13.2 Å². The Balaban J connectivity index is 1.69. The summed E-state index contributed by atoms with van der Waals surface area (Å²) in [4.78, 5) is 12.1. The van der Waals surface area contributed by atoms with Gasteiger partial charge >= 0.3 is 12.1 Å². The Bertz CT molecular complexity index is 940. The van der Waals surface area contributed by atoms with E-state index in [1.165, 1.54) is 46.8 Å². The minimum Gasteiger partial charge on any atom is -0.457 e. The Morgan fingerprint density at radius 2 is 1.74 bits per heavy atom. The lowest BCUT2D eigenvalue weighted by atomic mass is 10.1. The number of rotatable bonds is 4. The monoisotopic (exact) mass is 399 g/mol. The number of hydrogen-bond acceptors (Lipinski definition) is 4. The number of sulfonamides is 1. The summed E-state index contributed by atoms with van der Waals surface area (Å²) in [7, 11) is -3.33. The molecule has 0 atom stereocenters. The Kier molecular flexibility index (Phi) is 5.14. The van der Waals surface area contributed by atoms with Crippen molar-refractivity contribution in [2.24, 2.45) is 0 Å². The van der Waals surface area contributed by atoms with Crippen molar-refractivity contribution in [1.29, 1.82) is 0 Å². The Labute approximate surface area is 154 Å². The van der Waals surface area contributed by atoms with Gasteiger partial charge in [-0.15, -0.1) is 0 Å². The molecule has 3 rings (SSSR count). The van der Waals surface area contributed by atoms with Crippen LogP contribution in [-0.2, 0) is 27.5 Å². The average molecular weight is 399 g/mol. The number of alkyl halides is 3. The lowest BCUT2D eigenvalue weighted by Gasteiger charge is -2.17. The van der Waals surface area contributed by atoms with Gasteiger partial charge in [0.05, 0.1) is 22.6 Å². The number of esters is 1. The van der Waals surface area contributed by atoms with Gasteiger partial charge in [-0.05, 0) is 36.8 Å². The van der Waals surface area contributed by atoms with Crippen LogP contribution in [0.1, 0.15) is 27.9 Å². The van der Waals surface area contributed by atoms with Gasteiger partial charge in [0.2, 0.25) is 10.0 Å². The quantitative estimate of drug-likeness (QED) is 0.737. The number of nitrogens with zero attached hydrogens (tertiary/aromatic N) is 1. The van der Waals surface area contributed by atoms with Crippen LogP contribution in [0.25, 0.3) is 0 Å². The van der Waals surface area contributed by atoms with Crippen LogP contribution in [0.2, 0.25) is 0 Å². The molecule has 0 N–H and O–H groups in total. The predicted octanol–water partition coefficient (Wildman–Crippen LogP) is 3.60. The number of benzene rings is 2. The molecule has 0 spiro atoms. The summed E-state index contributed by atoms with van der Waals surface area (Å²) in [6.07, 6.45) is -4.00. The lowest BCUT2D eigenvalue weighted by Crippen LogP contribution is -2.25. The van der Waals surface area contributed by atoms with Crippen LogP contribution in [0.4, 0.5) is 18.9 Å². The summed E-state index contributed by atoms with van der Waals surface area (Å²) in [5.41, 5.74) is -0.434. The van der Waals surface area contributed by atoms with Crippen LogP contribution < -0.4 is 4.31 Å². The van der Waals surface area contributed by atoms with Crippen molar-refractivity contribution in [3.05, 3.63) is 65.2 Å². The molecule has 144 valence electrons. The summed E-state index contributed by atoms with van der Waals surface area (Å²) in [6, 6.07) is 10.6. The fraction of sp³-hybridized carbons (Fsp3) is 0.278. The first kappa shape index (κ1) is 19.2. The molecule has 9 heteroatoms. The molecule has 1 aliphatic rings. The first-order valence-electron chi connectivity index (χ1n) is 8.11. The Hall–Kier alpha value is -2.55. The van der Waals surface area contributed by atoms with Crippen molar-refractivity contribution < 1.29 is 31.1 Å². The van der Waals surface area contributed by atoms with E-state index in [4.69, 9.17) is 4.74 Å². The molecule has 2 aromatic carbocycles. The van der Waals surface area contributed by atoms with E-state index in [0.717, 1.165) is 6.07 Å². The van der Waals surface area contributed by atoms with Crippen LogP contribution in [0.3, 0.4) is 0 Å². The fourth-order valence-electron chi connectivity index (χ4n) is 2.84. The molecule has 1 aliphatic heterocycles. The summed E-state index contributed by atoms with van der Waals surface area (Å²) in [6.45, 7) is -0.142. The molecule has 0 bridgehead atoms. The first-order valence-corrected chi connectivity index (χ1v) is 9.72. The van der Waals surface area contributed by atoms with Gasteiger partial charge < -0.3 is 4.74 Å². The van der Waals surface area contributed by atoms with Crippen molar-refractivity contribution in [1.82, 2.24) is 0 Å². The van der Waals surface area contributed by atoms with Gasteiger partial charge in [0.25, 0.3) is 0 Å². The Morgan fingerprint density at radius 1 is 1.07 bits per heavy atom. The Morgan fingerprint density at radius 3 is 2.33 bits per heavy atom. The molecule has 1 heterocycles. The summed E-state index contributed by atoms with van der Waals surface area (Å²) in [5.74, 6) is -0.710. The number of anilines is 1. The van der Waals surface area contributed by atoms with E-state index < -0.39 is 34.3 Å². The maximum atomic E-state index is 13.0. The minimum absolute atomic E-state index is 0.0788. The van der Waals surface area contributed by atoms with Crippen molar-refractivity contribution in [2.75, 3.05) is 16.6 Å². The first-order chi connectivity index (χ1) is 12.7. The van der Waals surface area contributed by atoms with Crippen molar-refractivity contribution >= 4 is 21.7 Å². The molecule has 0 radical (unpaired) electrons. The number of carbonyl (C=O) groups excluding carboxylic acids is 1. The minimum atomic E-state index is -4.54. The van der Waals surface area contributed by atoms with E-state index >= 15 is 0 Å². The second-order valence-electron chi connectivity index (χ2n) is 6.02. The molecule has 27 heavy (non-hydrogen) atoms. The van der Waals surface area contributed by atoms with Crippen molar-refractivity contribution in [3.63, 3.8) is 0 Å². The highest BCUT2D eigenvalue weighted by Crippen LogP contribution is 2.32. The standard InChI is InChI=1S/C18H16F3NO4S/c19-18(20,21)16-5-2-1-4-14(16)12-26-17(23)13-6-8-15(9-7-13)22-10-3-11-27(22,24)25/h1-2,4-9H,3,10-12H2. The maximum absolute atomic E-state index is 13.0. The molecular weight excluding hydrogens is 383 g/mol. The van der Waals surface area contributed by atoms with Gasteiger partial charge in [-0.2, -0.15) is 13.2 Å². The molecular formula is C18H16F3NO4S. The molecule has 1 fully saturated rings. The summed E-state index contributed by atoms with van der Waals surface area (Å²) < 4.78 is 68.9. The van der Waals surface area contributed by atoms with E-state index in [-0.39, 0.29) is 16.9 Å². The molecule has 0 aromatic heterocycles. The predicted molar refractivity (Wildman–Crippen MR) is 92.8 cm³/mol. The third kappa shape index (κ3) is 4.24. The zero-order valence-corrected chi connectivity index (χ0v) is 14.9. The van der Waals surface area contributed by atoms with Gasteiger partial charge in [0, 0.05) is 12.1 Å². The van der Waals surface area contributed by atoms with Crippen molar-refractivity contribution in [3.8, 4) is 0 Å². The number of carbonyl (C=O) groups is 1. The van der Waals surface area contributed by atoms with Gasteiger partial charge in [0.1, 0.15) is 6.61 Å². The average Bonchev–Trinajstić information content (AvgIpc) is 2.98. The van der Waals surface area contributed by atoms with E-state index in [0.29, 0.717) is 18.7 Å². The van der Waals surface area contributed by atoms with Crippen LogP contribution in [0.5, 0.6) is 0 Å². The van der Waals surface area contributed by atoms with Gasteiger partial charge in [-0.3, -0.25) is 4.31 Å². The zero-order chi connectivity index (χ0) is 19.7. The second kappa shape index (κ2) is 7.22. The van der Waals surface area contributed by atoms with Crippen LogP contribution in [-0.4, -0.2) is 26.7 Å². The highest BCUT2D eigenvalue weighted by Gasteiger charge is 2.33. The summed E-state index contributed by atoms with van der Waals surface area (Å²) in [5, 5.41) is 0. The lowest BCUT2D eigenvalue weighted by molar-refractivity contribution is -0.138. The third-order valence-electron chi connectivity index (χ3n) is 4.17. The molecule has 0 saturated carbocycles. The molecule has 2 aromatic rings. The van der Waals surface area contributed by atoms with E-state index in [9.17, 15) is 26.4 Å². The van der Waals surface area contributed by atoms with Crippen molar-refractivity contribution in [2.45, 2.75) is 19.2 Å². The maximum Gasteiger partial charge on any atom is 0.416 e. The van der Waals surface area contributed by atoms with Crippen LogP contribution >= 0.6 is 0 Å². The highest BCUT2D eigenvalue weighted by atomic mass is 32.2. The van der Waals surface area contributed by atoms with Gasteiger partial charge in [0.15, 0.2) is 0 Å². The number of ether oxygens (including phenoxy) is 1. The van der Waals surface area contributed by atoms with E-state index in [1.807, 2.05) is 0 Å². The second-order valence-corrected chi connectivity index (χ2v) is 8.03. The molecule has 1 saturated heterocycles. The van der Waals surface area contributed by atoms with Gasteiger partial charge in [-0.1, -0.05) is 18.2 Å². The largest absolute Gasteiger partial charge is 0.457 e. The smallest absolute Gasteiger partial charge is 0.416 e.